The van der Waals surface area contributed by atoms with Crippen LogP contribution in [0, 0.1) is 5.92 Å². The fourth-order valence-corrected chi connectivity index (χ4v) is 2.86. The molecule has 4 heteroatoms. The van der Waals surface area contributed by atoms with Gasteiger partial charge in [0, 0.05) is 6.42 Å². The van der Waals surface area contributed by atoms with Crippen molar-refractivity contribution < 1.29 is 4.79 Å². The minimum atomic E-state index is 0. The fraction of sp³-hybridized carbons (Fsp3) is 0.588. The number of halogens is 1. The van der Waals surface area contributed by atoms with E-state index >= 15 is 0 Å². The van der Waals surface area contributed by atoms with Gasteiger partial charge in [0.05, 0.1) is 6.04 Å². The van der Waals surface area contributed by atoms with Crippen molar-refractivity contribution >= 4 is 18.3 Å². The van der Waals surface area contributed by atoms with Crippen LogP contribution in [0.5, 0.6) is 0 Å². The Bertz CT molecular complexity index is 405. The molecule has 1 amide bonds. The second-order valence-electron chi connectivity index (χ2n) is 5.72. The maximum atomic E-state index is 12.1. The standard InChI is InChI=1S/C17H26N2O.ClH/c1-2-6-16(15-7-4-3-5-8-15)19-17(20)10-9-14-11-12-18-13-14;/h3-5,7-8,14,16,18H,2,6,9-13H2,1H3,(H,19,20);1H. The van der Waals surface area contributed by atoms with E-state index in [0.717, 1.165) is 32.4 Å². The molecule has 3 nitrogen and oxygen atoms in total. The summed E-state index contributed by atoms with van der Waals surface area (Å²) in [7, 11) is 0. The number of nitrogens with one attached hydrogen (secondary N) is 2. The molecule has 1 aromatic carbocycles. The third-order valence-corrected chi connectivity index (χ3v) is 4.06. The third-order valence-electron chi connectivity index (χ3n) is 4.06. The van der Waals surface area contributed by atoms with Gasteiger partial charge < -0.3 is 10.6 Å². The van der Waals surface area contributed by atoms with Crippen molar-refractivity contribution in [3.05, 3.63) is 35.9 Å². The Hall–Kier alpha value is -1.06. The first-order chi connectivity index (χ1) is 9.79. The number of benzene rings is 1. The quantitative estimate of drug-likeness (QED) is 0.810. The fourth-order valence-electron chi connectivity index (χ4n) is 2.86. The topological polar surface area (TPSA) is 41.1 Å². The molecule has 2 unspecified atom stereocenters. The summed E-state index contributed by atoms with van der Waals surface area (Å²) in [6.45, 7) is 4.34. The first kappa shape index (κ1) is 18.0. The van der Waals surface area contributed by atoms with Crippen LogP contribution in [0.4, 0.5) is 0 Å². The van der Waals surface area contributed by atoms with Crippen molar-refractivity contribution in [3.63, 3.8) is 0 Å². The molecule has 1 aliphatic heterocycles. The summed E-state index contributed by atoms with van der Waals surface area (Å²) in [5.74, 6) is 0.876. The van der Waals surface area contributed by atoms with Crippen LogP contribution in [0.2, 0.25) is 0 Å². The number of amides is 1. The van der Waals surface area contributed by atoms with E-state index in [0.29, 0.717) is 12.3 Å². The molecule has 0 spiro atoms. The predicted octanol–water partition coefficient (Wildman–Crippen LogP) is 3.46. The lowest BCUT2D eigenvalue weighted by Crippen LogP contribution is -2.28. The van der Waals surface area contributed by atoms with Gasteiger partial charge in [-0.2, -0.15) is 0 Å². The summed E-state index contributed by atoms with van der Waals surface area (Å²) in [5.41, 5.74) is 1.21. The van der Waals surface area contributed by atoms with Crippen molar-refractivity contribution in [2.24, 2.45) is 5.92 Å². The molecule has 1 saturated heterocycles. The Balaban J connectivity index is 0.00000220. The molecule has 2 rings (SSSR count). The minimum Gasteiger partial charge on any atom is -0.349 e. The van der Waals surface area contributed by atoms with Crippen LogP contribution in [0.1, 0.15) is 50.6 Å². The van der Waals surface area contributed by atoms with Crippen LogP contribution < -0.4 is 10.6 Å². The number of hydrogen-bond acceptors (Lipinski definition) is 2. The summed E-state index contributed by atoms with van der Waals surface area (Å²) in [4.78, 5) is 12.1. The molecule has 0 saturated carbocycles. The highest BCUT2D eigenvalue weighted by Gasteiger charge is 2.17. The highest BCUT2D eigenvalue weighted by atomic mass is 35.5. The molecular formula is C17H27ClN2O. The molecule has 2 atom stereocenters. The Morgan fingerprint density at radius 3 is 2.76 bits per heavy atom. The normalized spacial score (nSPS) is 18.8. The Morgan fingerprint density at radius 2 is 2.14 bits per heavy atom. The first-order valence-corrected chi connectivity index (χ1v) is 7.84. The van der Waals surface area contributed by atoms with Gasteiger partial charge in [0.15, 0.2) is 0 Å². The zero-order chi connectivity index (χ0) is 14.2. The van der Waals surface area contributed by atoms with Gasteiger partial charge in [-0.05, 0) is 43.8 Å². The molecule has 1 aliphatic rings. The van der Waals surface area contributed by atoms with E-state index < -0.39 is 0 Å². The Labute approximate surface area is 134 Å². The molecule has 0 aromatic heterocycles. The average molecular weight is 311 g/mol. The van der Waals surface area contributed by atoms with E-state index in [4.69, 9.17) is 0 Å². The largest absolute Gasteiger partial charge is 0.349 e. The Kier molecular flexibility index (Phi) is 8.40. The summed E-state index contributed by atoms with van der Waals surface area (Å²) in [6.07, 6.45) is 4.95. The molecule has 0 aliphatic carbocycles. The molecule has 0 radical (unpaired) electrons. The van der Waals surface area contributed by atoms with Gasteiger partial charge in [-0.15, -0.1) is 12.4 Å². The highest BCUT2D eigenvalue weighted by molar-refractivity contribution is 5.85. The summed E-state index contributed by atoms with van der Waals surface area (Å²) < 4.78 is 0. The zero-order valence-electron chi connectivity index (χ0n) is 12.8. The first-order valence-electron chi connectivity index (χ1n) is 7.84. The molecular weight excluding hydrogens is 284 g/mol. The van der Waals surface area contributed by atoms with E-state index in [1.165, 1.54) is 12.0 Å². The maximum absolute atomic E-state index is 12.1. The van der Waals surface area contributed by atoms with Crippen molar-refractivity contribution in [2.75, 3.05) is 13.1 Å². The highest BCUT2D eigenvalue weighted by Crippen LogP contribution is 2.19. The van der Waals surface area contributed by atoms with Crippen LogP contribution in [0.25, 0.3) is 0 Å². The van der Waals surface area contributed by atoms with Crippen LogP contribution in [0.3, 0.4) is 0 Å². The smallest absolute Gasteiger partial charge is 0.220 e. The van der Waals surface area contributed by atoms with Gasteiger partial charge in [0.1, 0.15) is 0 Å². The lowest BCUT2D eigenvalue weighted by molar-refractivity contribution is -0.122. The van der Waals surface area contributed by atoms with E-state index in [1.807, 2.05) is 18.2 Å². The maximum Gasteiger partial charge on any atom is 0.220 e. The molecule has 0 bridgehead atoms. The van der Waals surface area contributed by atoms with Gasteiger partial charge in [-0.3, -0.25) is 4.79 Å². The van der Waals surface area contributed by atoms with Crippen LogP contribution in [-0.4, -0.2) is 19.0 Å². The molecule has 21 heavy (non-hydrogen) atoms. The van der Waals surface area contributed by atoms with Crippen LogP contribution >= 0.6 is 12.4 Å². The lowest BCUT2D eigenvalue weighted by Gasteiger charge is -2.19. The van der Waals surface area contributed by atoms with E-state index in [9.17, 15) is 4.79 Å². The minimum absolute atomic E-state index is 0. The predicted molar refractivity (Wildman–Crippen MR) is 89.7 cm³/mol. The number of rotatable bonds is 7. The zero-order valence-corrected chi connectivity index (χ0v) is 13.6. The molecule has 2 N–H and O–H groups in total. The van der Waals surface area contributed by atoms with Crippen molar-refractivity contribution in [2.45, 2.75) is 45.1 Å². The van der Waals surface area contributed by atoms with E-state index in [1.54, 1.807) is 0 Å². The van der Waals surface area contributed by atoms with Crippen molar-refractivity contribution in [3.8, 4) is 0 Å². The molecule has 1 fully saturated rings. The molecule has 1 heterocycles. The van der Waals surface area contributed by atoms with Gasteiger partial charge in [-0.25, -0.2) is 0 Å². The SMILES string of the molecule is CCCC(NC(=O)CCC1CCNC1)c1ccccc1.Cl. The number of hydrogen-bond donors (Lipinski definition) is 2. The Morgan fingerprint density at radius 1 is 1.38 bits per heavy atom. The van der Waals surface area contributed by atoms with Crippen LogP contribution in [-0.2, 0) is 4.79 Å². The van der Waals surface area contributed by atoms with Gasteiger partial charge in [0.25, 0.3) is 0 Å². The van der Waals surface area contributed by atoms with Crippen molar-refractivity contribution in [1.82, 2.24) is 10.6 Å². The number of carbonyl (C=O) groups excluding carboxylic acids is 1. The van der Waals surface area contributed by atoms with Gasteiger partial charge >= 0.3 is 0 Å². The molecule has 1 aromatic rings. The third kappa shape index (κ3) is 6.06. The van der Waals surface area contributed by atoms with E-state index in [-0.39, 0.29) is 24.4 Å². The monoisotopic (exact) mass is 310 g/mol. The summed E-state index contributed by atoms with van der Waals surface area (Å²) in [5, 5.41) is 6.55. The van der Waals surface area contributed by atoms with Crippen molar-refractivity contribution in [1.29, 1.82) is 0 Å². The molecule has 118 valence electrons. The average Bonchev–Trinajstić information content (AvgIpc) is 2.99. The van der Waals surface area contributed by atoms with E-state index in [2.05, 4.69) is 29.7 Å². The number of carbonyl (C=O) groups is 1. The second kappa shape index (κ2) is 9.80. The van der Waals surface area contributed by atoms with Gasteiger partial charge in [0.2, 0.25) is 5.91 Å². The summed E-state index contributed by atoms with van der Waals surface area (Å²) >= 11 is 0. The second-order valence-corrected chi connectivity index (χ2v) is 5.72. The summed E-state index contributed by atoms with van der Waals surface area (Å²) in [6, 6.07) is 10.4. The van der Waals surface area contributed by atoms with Gasteiger partial charge in [-0.1, -0.05) is 43.7 Å². The van der Waals surface area contributed by atoms with Crippen LogP contribution in [0.15, 0.2) is 30.3 Å². The lowest BCUT2D eigenvalue weighted by atomic mass is 10.00.